The summed E-state index contributed by atoms with van der Waals surface area (Å²) in [6.07, 6.45) is 5.50. The summed E-state index contributed by atoms with van der Waals surface area (Å²) in [4.78, 5) is 20.8. The molecular weight excluding hydrogens is 364 g/mol. The van der Waals surface area contributed by atoms with E-state index in [0.717, 1.165) is 22.7 Å². The number of nitrogens with one attached hydrogen (secondary N) is 1. The molecular formula is C19H16N4OS2. The third kappa shape index (κ3) is 3.89. The molecule has 0 spiro atoms. The number of aromatic nitrogens is 3. The molecule has 1 amide bonds. The molecule has 7 heteroatoms. The minimum absolute atomic E-state index is 0.148. The number of hydrogen-bond donors (Lipinski definition) is 1. The molecule has 130 valence electrons. The van der Waals surface area contributed by atoms with Gasteiger partial charge in [0.25, 0.3) is 5.91 Å². The van der Waals surface area contributed by atoms with Gasteiger partial charge in [0.15, 0.2) is 0 Å². The second-order valence-corrected chi connectivity index (χ2v) is 7.42. The molecule has 3 heterocycles. The summed E-state index contributed by atoms with van der Waals surface area (Å²) in [5.41, 5.74) is 3.78. The van der Waals surface area contributed by atoms with Gasteiger partial charge in [-0.05, 0) is 22.6 Å². The van der Waals surface area contributed by atoms with Crippen molar-refractivity contribution in [1.82, 2.24) is 19.9 Å². The molecule has 0 fully saturated rings. The highest BCUT2D eigenvalue weighted by atomic mass is 32.1. The van der Waals surface area contributed by atoms with E-state index in [1.165, 1.54) is 16.9 Å². The highest BCUT2D eigenvalue weighted by Crippen LogP contribution is 2.25. The van der Waals surface area contributed by atoms with Crippen molar-refractivity contribution < 1.29 is 4.79 Å². The summed E-state index contributed by atoms with van der Waals surface area (Å²) < 4.78 is 2.02. The van der Waals surface area contributed by atoms with E-state index < -0.39 is 0 Å². The van der Waals surface area contributed by atoms with E-state index in [1.807, 2.05) is 39.7 Å². The van der Waals surface area contributed by atoms with Crippen molar-refractivity contribution in [3.8, 4) is 10.6 Å². The molecule has 0 radical (unpaired) electrons. The lowest BCUT2D eigenvalue weighted by atomic mass is 10.1. The summed E-state index contributed by atoms with van der Waals surface area (Å²) in [7, 11) is 0. The minimum Gasteiger partial charge on any atom is -0.347 e. The van der Waals surface area contributed by atoms with Crippen LogP contribution >= 0.6 is 22.7 Å². The first-order chi connectivity index (χ1) is 12.8. The fraction of sp³-hybridized carbons (Fsp3) is 0.105. The zero-order valence-corrected chi connectivity index (χ0v) is 15.5. The molecule has 4 aromatic rings. The lowest BCUT2D eigenvalue weighted by molar-refractivity contribution is 0.0946. The van der Waals surface area contributed by atoms with Crippen molar-refractivity contribution in [3.63, 3.8) is 0 Å². The molecule has 3 aromatic heterocycles. The Labute approximate surface area is 159 Å². The standard InChI is InChI=1S/C19H16N4OS2/c24-18(17-12-26-19(22-17)16-5-8-25-11-16)21-9-14-1-3-15(4-2-14)10-23-7-6-20-13-23/h1-8,11-13H,9-10H2,(H,21,24). The van der Waals surface area contributed by atoms with Gasteiger partial charge >= 0.3 is 0 Å². The molecule has 0 bridgehead atoms. The van der Waals surface area contributed by atoms with Crippen LogP contribution in [-0.2, 0) is 13.1 Å². The maximum atomic E-state index is 12.3. The van der Waals surface area contributed by atoms with Gasteiger partial charge in [-0.1, -0.05) is 24.3 Å². The van der Waals surface area contributed by atoms with Crippen molar-refractivity contribution in [2.45, 2.75) is 13.1 Å². The average Bonchev–Trinajstić information content (AvgIpc) is 3.42. The first-order valence-corrected chi connectivity index (χ1v) is 9.90. The summed E-state index contributed by atoms with van der Waals surface area (Å²) in [6, 6.07) is 10.2. The highest BCUT2D eigenvalue weighted by Gasteiger charge is 2.11. The zero-order valence-electron chi connectivity index (χ0n) is 13.8. The Morgan fingerprint density at radius 2 is 1.96 bits per heavy atom. The Hall–Kier alpha value is -2.77. The topological polar surface area (TPSA) is 59.8 Å². The molecule has 0 aliphatic rings. The van der Waals surface area contributed by atoms with E-state index in [-0.39, 0.29) is 5.91 Å². The molecule has 0 atom stereocenters. The van der Waals surface area contributed by atoms with E-state index in [2.05, 4.69) is 27.4 Å². The van der Waals surface area contributed by atoms with E-state index in [1.54, 1.807) is 29.2 Å². The maximum absolute atomic E-state index is 12.3. The van der Waals surface area contributed by atoms with E-state index in [9.17, 15) is 4.79 Å². The fourth-order valence-corrected chi connectivity index (χ4v) is 4.04. The Morgan fingerprint density at radius 3 is 2.69 bits per heavy atom. The monoisotopic (exact) mass is 380 g/mol. The number of thiophene rings is 1. The number of rotatable bonds is 6. The molecule has 0 saturated heterocycles. The SMILES string of the molecule is O=C(NCc1ccc(Cn2ccnc2)cc1)c1csc(-c2ccsc2)n1. The number of nitrogens with zero attached hydrogens (tertiary/aromatic N) is 3. The number of carbonyl (C=O) groups is 1. The number of amides is 1. The Kier molecular flexibility index (Phi) is 4.90. The van der Waals surface area contributed by atoms with Crippen LogP contribution in [-0.4, -0.2) is 20.4 Å². The predicted octanol–water partition coefficient (Wildman–Crippen LogP) is 4.05. The van der Waals surface area contributed by atoms with Crippen LogP contribution in [0.1, 0.15) is 21.6 Å². The number of hydrogen-bond acceptors (Lipinski definition) is 5. The minimum atomic E-state index is -0.148. The van der Waals surface area contributed by atoms with Gasteiger partial charge in [-0.25, -0.2) is 9.97 Å². The van der Waals surface area contributed by atoms with Crippen LogP contribution in [0.5, 0.6) is 0 Å². The second kappa shape index (κ2) is 7.63. The van der Waals surface area contributed by atoms with E-state index >= 15 is 0 Å². The van der Waals surface area contributed by atoms with Crippen LogP contribution in [0.15, 0.2) is 65.2 Å². The summed E-state index contributed by atoms with van der Waals surface area (Å²) >= 11 is 3.11. The largest absolute Gasteiger partial charge is 0.347 e. The average molecular weight is 380 g/mol. The van der Waals surface area contributed by atoms with Crippen molar-refractivity contribution in [1.29, 1.82) is 0 Å². The number of thiazole rings is 1. The Balaban J connectivity index is 1.34. The van der Waals surface area contributed by atoms with Crippen LogP contribution < -0.4 is 5.32 Å². The highest BCUT2D eigenvalue weighted by molar-refractivity contribution is 7.14. The fourth-order valence-electron chi connectivity index (χ4n) is 2.52. The molecule has 4 rings (SSSR count). The third-order valence-electron chi connectivity index (χ3n) is 3.91. The van der Waals surface area contributed by atoms with Crippen molar-refractivity contribution in [2.24, 2.45) is 0 Å². The van der Waals surface area contributed by atoms with Crippen molar-refractivity contribution in [2.75, 3.05) is 0 Å². The van der Waals surface area contributed by atoms with Crippen LogP contribution in [0.4, 0.5) is 0 Å². The molecule has 26 heavy (non-hydrogen) atoms. The molecule has 1 aromatic carbocycles. The first-order valence-electron chi connectivity index (χ1n) is 8.08. The van der Waals surface area contributed by atoms with Gasteiger partial charge in [0.1, 0.15) is 10.7 Å². The smallest absolute Gasteiger partial charge is 0.271 e. The maximum Gasteiger partial charge on any atom is 0.271 e. The third-order valence-corrected chi connectivity index (χ3v) is 5.48. The van der Waals surface area contributed by atoms with Gasteiger partial charge in [0.05, 0.1) is 6.33 Å². The Morgan fingerprint density at radius 1 is 1.12 bits per heavy atom. The molecule has 5 nitrogen and oxygen atoms in total. The number of imidazole rings is 1. The summed E-state index contributed by atoms with van der Waals surface area (Å²) in [6.45, 7) is 1.27. The number of benzene rings is 1. The van der Waals surface area contributed by atoms with Gasteiger partial charge < -0.3 is 9.88 Å². The summed E-state index contributed by atoms with van der Waals surface area (Å²) in [5.74, 6) is -0.148. The molecule has 0 unspecified atom stereocenters. The van der Waals surface area contributed by atoms with Crippen molar-refractivity contribution >= 4 is 28.6 Å². The predicted molar refractivity (Wildman–Crippen MR) is 104 cm³/mol. The molecule has 0 aliphatic carbocycles. The second-order valence-electron chi connectivity index (χ2n) is 5.78. The van der Waals surface area contributed by atoms with Crippen molar-refractivity contribution in [3.05, 3.63) is 82.0 Å². The van der Waals surface area contributed by atoms with Gasteiger partial charge in [-0.3, -0.25) is 4.79 Å². The quantitative estimate of drug-likeness (QED) is 0.549. The van der Waals surface area contributed by atoms with Gasteiger partial charge in [0, 0.05) is 41.8 Å². The normalized spacial score (nSPS) is 10.8. The van der Waals surface area contributed by atoms with Crippen LogP contribution in [0.3, 0.4) is 0 Å². The van der Waals surface area contributed by atoms with Gasteiger partial charge in [0.2, 0.25) is 0 Å². The molecule has 1 N–H and O–H groups in total. The van der Waals surface area contributed by atoms with Gasteiger partial charge in [-0.2, -0.15) is 11.3 Å². The first kappa shape index (κ1) is 16.7. The zero-order chi connectivity index (χ0) is 17.8. The van der Waals surface area contributed by atoms with E-state index in [0.29, 0.717) is 12.2 Å². The lowest BCUT2D eigenvalue weighted by Crippen LogP contribution is -2.23. The Bertz CT molecular complexity index is 973. The van der Waals surface area contributed by atoms with Crippen LogP contribution in [0.25, 0.3) is 10.6 Å². The summed E-state index contributed by atoms with van der Waals surface area (Å²) in [5, 5.41) is 9.65. The lowest BCUT2D eigenvalue weighted by Gasteiger charge is -2.06. The molecule has 0 saturated carbocycles. The van der Waals surface area contributed by atoms with Gasteiger partial charge in [-0.15, -0.1) is 11.3 Å². The van der Waals surface area contributed by atoms with Crippen LogP contribution in [0.2, 0.25) is 0 Å². The van der Waals surface area contributed by atoms with E-state index in [4.69, 9.17) is 0 Å². The number of carbonyl (C=O) groups excluding carboxylic acids is 1. The van der Waals surface area contributed by atoms with Crippen LogP contribution in [0, 0.1) is 0 Å². The molecule has 0 aliphatic heterocycles.